The van der Waals surface area contributed by atoms with Crippen molar-refractivity contribution < 1.29 is 0 Å². The molecule has 1 aromatic heterocycles. The summed E-state index contributed by atoms with van der Waals surface area (Å²) in [6.07, 6.45) is 5.95. The molecule has 0 saturated heterocycles. The van der Waals surface area contributed by atoms with Gasteiger partial charge in [-0.25, -0.2) is 0 Å². The fraction of sp³-hybridized carbons (Fsp3) is 0.769. The van der Waals surface area contributed by atoms with Crippen LogP contribution in [0.2, 0.25) is 0 Å². The number of halogens is 1. The van der Waals surface area contributed by atoms with Gasteiger partial charge in [-0.15, -0.1) is 0 Å². The highest BCUT2D eigenvalue weighted by Crippen LogP contribution is 2.39. The highest BCUT2D eigenvalue weighted by atomic mass is 79.9. The lowest BCUT2D eigenvalue weighted by Crippen LogP contribution is -2.32. The van der Waals surface area contributed by atoms with E-state index in [1.165, 1.54) is 25.0 Å². The van der Waals surface area contributed by atoms with E-state index >= 15 is 0 Å². The van der Waals surface area contributed by atoms with E-state index in [0.717, 1.165) is 23.5 Å². The van der Waals surface area contributed by atoms with Gasteiger partial charge in [0, 0.05) is 6.54 Å². The zero-order valence-electron chi connectivity index (χ0n) is 11.5. The Labute approximate surface area is 118 Å². The molecule has 18 heavy (non-hydrogen) atoms. The van der Waals surface area contributed by atoms with E-state index in [-0.39, 0.29) is 0 Å². The van der Waals surface area contributed by atoms with Gasteiger partial charge in [-0.2, -0.15) is 5.10 Å². The minimum atomic E-state index is 0.429. The quantitative estimate of drug-likeness (QED) is 0.874. The van der Waals surface area contributed by atoms with E-state index < -0.39 is 0 Å². The summed E-state index contributed by atoms with van der Waals surface area (Å²) < 4.78 is 3.27. The molecule has 0 amide bonds. The molecule has 1 N–H and O–H groups in total. The van der Waals surface area contributed by atoms with Gasteiger partial charge in [-0.3, -0.25) is 4.68 Å². The second-order valence-corrected chi connectivity index (χ2v) is 6.22. The van der Waals surface area contributed by atoms with Crippen LogP contribution in [0.4, 0.5) is 0 Å². The molecule has 2 rings (SSSR count). The Balaban J connectivity index is 2.15. The molecule has 1 aromatic rings. The highest BCUT2D eigenvalue weighted by Gasteiger charge is 2.31. The topological polar surface area (TPSA) is 33.1 Å². The summed E-state index contributed by atoms with van der Waals surface area (Å²) in [5.41, 5.74) is 1.31. The van der Waals surface area contributed by atoms with Crippen molar-refractivity contribution in [2.24, 2.45) is 5.92 Å². The Morgan fingerprint density at radius 1 is 1.56 bits per heavy atom. The first-order chi connectivity index (χ1) is 8.63. The molecule has 1 heterocycles. The molecule has 1 unspecified atom stereocenters. The Morgan fingerprint density at radius 3 is 2.78 bits per heavy atom. The van der Waals surface area contributed by atoms with Crippen molar-refractivity contribution in [3.8, 4) is 0 Å². The summed E-state index contributed by atoms with van der Waals surface area (Å²) >= 11 is 3.65. The van der Waals surface area contributed by atoms with Gasteiger partial charge in [-0.1, -0.05) is 6.42 Å². The zero-order chi connectivity index (χ0) is 13.1. The first-order valence-corrected chi connectivity index (χ1v) is 7.46. The lowest BCUT2D eigenvalue weighted by molar-refractivity contribution is 0.227. The summed E-state index contributed by atoms with van der Waals surface area (Å²) in [6, 6.07) is 0.429. The Kier molecular flexibility index (Phi) is 4.81. The van der Waals surface area contributed by atoms with Gasteiger partial charge in [0.2, 0.25) is 0 Å². The molecule has 0 spiro atoms. The number of rotatable bonds is 6. The minimum Gasteiger partial charge on any atom is -0.311 e. The lowest BCUT2D eigenvalue weighted by Gasteiger charge is -2.34. The van der Waals surface area contributed by atoms with E-state index in [4.69, 9.17) is 0 Å². The van der Waals surface area contributed by atoms with E-state index in [2.05, 4.69) is 57.1 Å². The second kappa shape index (κ2) is 6.17. The van der Waals surface area contributed by atoms with Gasteiger partial charge in [0.25, 0.3) is 0 Å². The molecule has 0 aliphatic heterocycles. The van der Waals surface area contributed by atoms with E-state index in [1.54, 1.807) is 0 Å². The maximum absolute atomic E-state index is 4.50. The van der Waals surface area contributed by atoms with Crippen molar-refractivity contribution in [1.82, 2.24) is 20.0 Å². The number of hydrogen-bond acceptors (Lipinski definition) is 3. The Hall–Kier alpha value is -0.390. The first kappa shape index (κ1) is 14.0. The van der Waals surface area contributed by atoms with Crippen LogP contribution in [0, 0.1) is 5.92 Å². The van der Waals surface area contributed by atoms with E-state index in [1.807, 2.05) is 6.20 Å². The molecule has 0 radical (unpaired) electrons. The average molecular weight is 315 g/mol. The summed E-state index contributed by atoms with van der Waals surface area (Å²) in [6.45, 7) is 1.96. The highest BCUT2D eigenvalue weighted by molar-refractivity contribution is 9.10. The van der Waals surface area contributed by atoms with Crippen molar-refractivity contribution in [1.29, 1.82) is 0 Å². The van der Waals surface area contributed by atoms with Gasteiger partial charge in [0.15, 0.2) is 0 Å². The Morgan fingerprint density at radius 2 is 2.28 bits per heavy atom. The van der Waals surface area contributed by atoms with Gasteiger partial charge in [-0.05, 0) is 55.8 Å². The molecule has 0 bridgehead atoms. The number of likely N-dealkylation sites (N-methyl/N-ethyl adjacent to an activating group) is 1. The van der Waals surface area contributed by atoms with E-state index in [0.29, 0.717) is 6.04 Å². The molecule has 4 nitrogen and oxygen atoms in total. The molecule has 1 atom stereocenters. The number of nitrogens with one attached hydrogen (secondary N) is 1. The standard InChI is InChI=1S/C13H23BrN4/c1-15-12(10-5-4-6-10)13-11(14)9-16-18(13)8-7-17(2)3/h9-10,12,15H,4-8H2,1-3H3. The van der Waals surface area contributed by atoms with Crippen molar-refractivity contribution in [2.45, 2.75) is 31.8 Å². The third kappa shape index (κ3) is 2.95. The van der Waals surface area contributed by atoms with Crippen LogP contribution in [0.3, 0.4) is 0 Å². The summed E-state index contributed by atoms with van der Waals surface area (Å²) in [7, 11) is 6.25. The summed E-state index contributed by atoms with van der Waals surface area (Å²) in [4.78, 5) is 2.19. The molecule has 1 aliphatic carbocycles. The maximum Gasteiger partial charge on any atom is 0.0698 e. The van der Waals surface area contributed by atoms with Crippen LogP contribution in [-0.2, 0) is 6.54 Å². The molecule has 1 saturated carbocycles. The zero-order valence-corrected chi connectivity index (χ0v) is 13.1. The normalized spacial score (nSPS) is 18.1. The number of nitrogens with zero attached hydrogens (tertiary/aromatic N) is 3. The Bertz CT molecular complexity index is 384. The van der Waals surface area contributed by atoms with Crippen LogP contribution in [0.25, 0.3) is 0 Å². The van der Waals surface area contributed by atoms with Crippen LogP contribution in [-0.4, -0.2) is 42.4 Å². The van der Waals surface area contributed by atoms with Crippen LogP contribution in [0.15, 0.2) is 10.7 Å². The molecule has 5 heteroatoms. The van der Waals surface area contributed by atoms with Crippen molar-refractivity contribution >= 4 is 15.9 Å². The van der Waals surface area contributed by atoms with Crippen molar-refractivity contribution in [2.75, 3.05) is 27.7 Å². The van der Waals surface area contributed by atoms with Crippen molar-refractivity contribution in [3.63, 3.8) is 0 Å². The molecule has 0 aromatic carbocycles. The smallest absolute Gasteiger partial charge is 0.0698 e. The summed E-state index contributed by atoms with van der Waals surface area (Å²) in [5.74, 6) is 0.765. The predicted molar refractivity (Wildman–Crippen MR) is 77.6 cm³/mol. The third-order valence-electron chi connectivity index (χ3n) is 3.82. The lowest BCUT2D eigenvalue weighted by atomic mass is 9.78. The van der Waals surface area contributed by atoms with Gasteiger partial charge in [0.1, 0.15) is 0 Å². The molecule has 1 fully saturated rings. The largest absolute Gasteiger partial charge is 0.311 e. The summed E-state index contributed by atoms with van der Waals surface area (Å²) in [5, 5.41) is 7.97. The number of hydrogen-bond donors (Lipinski definition) is 1. The van der Waals surface area contributed by atoms with Crippen molar-refractivity contribution in [3.05, 3.63) is 16.4 Å². The molecular formula is C13H23BrN4. The average Bonchev–Trinajstić information content (AvgIpc) is 2.62. The molecule has 1 aliphatic rings. The van der Waals surface area contributed by atoms with Gasteiger partial charge < -0.3 is 10.2 Å². The third-order valence-corrected chi connectivity index (χ3v) is 4.43. The SMILES string of the molecule is CNC(c1c(Br)cnn1CCN(C)C)C1CCC1. The minimum absolute atomic E-state index is 0.429. The second-order valence-electron chi connectivity index (χ2n) is 5.36. The van der Waals surface area contributed by atoms with Crippen LogP contribution in [0.5, 0.6) is 0 Å². The van der Waals surface area contributed by atoms with Crippen LogP contribution < -0.4 is 5.32 Å². The predicted octanol–water partition coefficient (Wildman–Crippen LogP) is 2.27. The monoisotopic (exact) mass is 314 g/mol. The van der Waals surface area contributed by atoms with Crippen LogP contribution in [0.1, 0.15) is 31.0 Å². The maximum atomic E-state index is 4.50. The van der Waals surface area contributed by atoms with Gasteiger partial charge in [0.05, 0.1) is 29.0 Å². The van der Waals surface area contributed by atoms with Gasteiger partial charge >= 0.3 is 0 Å². The molecule has 102 valence electrons. The first-order valence-electron chi connectivity index (χ1n) is 6.66. The molecular weight excluding hydrogens is 292 g/mol. The fourth-order valence-electron chi connectivity index (χ4n) is 2.52. The van der Waals surface area contributed by atoms with E-state index in [9.17, 15) is 0 Å². The van der Waals surface area contributed by atoms with Crippen LogP contribution >= 0.6 is 15.9 Å². The fourth-order valence-corrected chi connectivity index (χ4v) is 3.07. The number of aromatic nitrogens is 2.